The molecule has 0 aliphatic carbocycles. The number of aryl methyl sites for hydroxylation is 2. The van der Waals surface area contributed by atoms with Gasteiger partial charge >= 0.3 is 0 Å². The summed E-state index contributed by atoms with van der Waals surface area (Å²) in [5.41, 5.74) is 5.40. The molecule has 0 bridgehead atoms. The van der Waals surface area contributed by atoms with Crippen molar-refractivity contribution in [2.24, 2.45) is 0 Å². The summed E-state index contributed by atoms with van der Waals surface area (Å²) < 4.78 is 22.8. The number of aliphatic hydroxyl groups excluding tert-OH is 1. The number of hydrogen-bond acceptors (Lipinski definition) is 8. The highest BCUT2D eigenvalue weighted by atomic mass is 28.4. The molecule has 0 saturated carbocycles. The average Bonchev–Trinajstić information content (AvgIpc) is 3.74. The number of carbonyl (C=O) groups is 1. The van der Waals surface area contributed by atoms with Gasteiger partial charge < -0.3 is 24.3 Å². The SMILES string of the molecule is Cc1ccc(C(OC[C@H]2O[C@@H](n3cnc4c(NC(=O)c5ccccc5)ncnc43)C(O)[C@H]2O[Si](C)(C)C(C)(C)C)(c2ccccc2)c2ccc(C)cc2)cc1. The molecule has 1 aliphatic rings. The Balaban J connectivity index is 1.28. The van der Waals surface area contributed by atoms with E-state index in [4.69, 9.17) is 13.9 Å². The fourth-order valence-electron chi connectivity index (χ4n) is 6.85. The number of nitrogens with one attached hydrogen (secondary N) is 1. The second-order valence-corrected chi connectivity index (χ2v) is 20.6. The Bertz CT molecular complexity index is 2190. The number of amides is 1. The first kappa shape index (κ1) is 38.2. The van der Waals surface area contributed by atoms with Crippen molar-refractivity contribution in [2.75, 3.05) is 11.9 Å². The highest BCUT2D eigenvalue weighted by Gasteiger charge is 2.52. The van der Waals surface area contributed by atoms with E-state index >= 15 is 0 Å². The number of rotatable bonds is 11. The molecule has 1 unspecified atom stereocenters. The zero-order chi connectivity index (χ0) is 39.0. The van der Waals surface area contributed by atoms with Crippen molar-refractivity contribution in [3.05, 3.63) is 155 Å². The first-order chi connectivity index (χ1) is 26.3. The van der Waals surface area contributed by atoms with Gasteiger partial charge in [0, 0.05) is 5.56 Å². The van der Waals surface area contributed by atoms with Gasteiger partial charge in [-0.3, -0.25) is 9.36 Å². The molecule has 1 fully saturated rings. The standard InChI is InChI=1S/C44H49N5O5Si/c1-29-18-22-33(23-19-29)44(32-16-12-9-13-17-32,34-24-20-30(2)21-25-34)52-26-35-38(54-55(6,7)43(3,4)5)37(50)42(53-35)49-28-47-36-39(45-27-46-40(36)49)48-41(51)31-14-10-8-11-15-31/h8-25,27-28,35,37-38,42,50H,26H2,1-7H3,(H,45,46,48,51)/t35-,37?,38+,42-/m1/s1. The molecule has 1 amide bonds. The number of aliphatic hydroxyl groups is 1. The molecule has 6 aromatic rings. The van der Waals surface area contributed by atoms with Crippen molar-refractivity contribution in [3.63, 3.8) is 0 Å². The molecule has 3 heterocycles. The van der Waals surface area contributed by atoms with Gasteiger partial charge in [0.2, 0.25) is 0 Å². The molecule has 4 aromatic carbocycles. The van der Waals surface area contributed by atoms with Crippen LogP contribution < -0.4 is 5.32 Å². The normalized spacial score (nSPS) is 19.1. The summed E-state index contributed by atoms with van der Waals surface area (Å²) >= 11 is 0. The molecule has 1 aliphatic heterocycles. The molecule has 55 heavy (non-hydrogen) atoms. The lowest BCUT2D eigenvalue weighted by Crippen LogP contribution is -2.50. The third kappa shape index (κ3) is 7.50. The summed E-state index contributed by atoms with van der Waals surface area (Å²) in [6.07, 6.45) is -0.542. The van der Waals surface area contributed by atoms with Crippen LogP contribution in [0.15, 0.2) is 122 Å². The summed E-state index contributed by atoms with van der Waals surface area (Å²) in [7, 11) is -2.45. The van der Waals surface area contributed by atoms with Gasteiger partial charge in [0.25, 0.3) is 5.91 Å². The van der Waals surface area contributed by atoms with E-state index in [-0.39, 0.29) is 23.4 Å². The molecule has 2 N–H and O–H groups in total. The van der Waals surface area contributed by atoms with Crippen molar-refractivity contribution in [1.29, 1.82) is 0 Å². The number of anilines is 1. The number of carbonyl (C=O) groups excluding carboxylic acids is 1. The maximum absolute atomic E-state index is 13.1. The lowest BCUT2D eigenvalue weighted by atomic mass is 9.79. The number of hydrogen-bond donors (Lipinski definition) is 2. The first-order valence-electron chi connectivity index (χ1n) is 18.7. The van der Waals surface area contributed by atoms with Gasteiger partial charge in [-0.05, 0) is 60.8 Å². The van der Waals surface area contributed by atoms with Gasteiger partial charge in [0.05, 0.1) is 12.9 Å². The minimum absolute atomic E-state index is 0.0868. The molecular weight excluding hydrogens is 707 g/mol. The number of aromatic nitrogens is 4. The summed E-state index contributed by atoms with van der Waals surface area (Å²) in [5, 5.41) is 15.0. The quantitative estimate of drug-likeness (QED) is 0.100. The average molecular weight is 756 g/mol. The summed E-state index contributed by atoms with van der Waals surface area (Å²) in [5.74, 6) is -0.0701. The van der Waals surface area contributed by atoms with E-state index in [2.05, 4.69) is 129 Å². The van der Waals surface area contributed by atoms with E-state index in [1.807, 2.05) is 24.3 Å². The van der Waals surface area contributed by atoms with Gasteiger partial charge in [-0.1, -0.05) is 129 Å². The maximum atomic E-state index is 13.1. The van der Waals surface area contributed by atoms with E-state index in [1.54, 1.807) is 35.2 Å². The summed E-state index contributed by atoms with van der Waals surface area (Å²) in [6, 6.07) is 36.0. The zero-order valence-corrected chi connectivity index (χ0v) is 33.4. The third-order valence-electron chi connectivity index (χ3n) is 11.0. The molecule has 10 nitrogen and oxygen atoms in total. The predicted octanol–water partition coefficient (Wildman–Crippen LogP) is 8.35. The molecule has 0 spiro atoms. The van der Waals surface area contributed by atoms with Crippen LogP contribution in [0.25, 0.3) is 11.2 Å². The second kappa shape index (κ2) is 15.2. The largest absolute Gasteiger partial charge is 0.408 e. The molecule has 11 heteroatoms. The summed E-state index contributed by atoms with van der Waals surface area (Å²) in [6.45, 7) is 15.1. The highest BCUT2D eigenvalue weighted by Crippen LogP contribution is 2.45. The Morgan fingerprint density at radius 2 is 1.38 bits per heavy atom. The molecule has 2 aromatic heterocycles. The predicted molar refractivity (Wildman–Crippen MR) is 216 cm³/mol. The monoisotopic (exact) mass is 755 g/mol. The van der Waals surface area contributed by atoms with Gasteiger partial charge in [0.15, 0.2) is 31.5 Å². The lowest BCUT2D eigenvalue weighted by molar-refractivity contribution is -0.0930. The Morgan fingerprint density at radius 1 is 0.818 bits per heavy atom. The van der Waals surface area contributed by atoms with Crippen molar-refractivity contribution >= 4 is 31.2 Å². The van der Waals surface area contributed by atoms with Crippen LogP contribution in [0.1, 0.15) is 65.2 Å². The number of benzene rings is 4. The van der Waals surface area contributed by atoms with E-state index in [0.29, 0.717) is 16.7 Å². The fraction of sp³-hybridized carbons (Fsp3) is 0.318. The minimum Gasteiger partial charge on any atom is -0.408 e. The topological polar surface area (TPSA) is 121 Å². The smallest absolute Gasteiger partial charge is 0.256 e. The molecular formula is C44H49N5O5Si. The Hall–Kier alpha value is -5.04. The highest BCUT2D eigenvalue weighted by molar-refractivity contribution is 6.74. The van der Waals surface area contributed by atoms with Crippen LogP contribution in [0.4, 0.5) is 5.82 Å². The van der Waals surface area contributed by atoms with Crippen LogP contribution in [0.5, 0.6) is 0 Å². The maximum Gasteiger partial charge on any atom is 0.256 e. The van der Waals surface area contributed by atoms with Crippen LogP contribution in [0, 0.1) is 13.8 Å². The lowest BCUT2D eigenvalue weighted by Gasteiger charge is -2.41. The van der Waals surface area contributed by atoms with E-state index in [0.717, 1.165) is 27.8 Å². The number of fused-ring (bicyclic) bond motifs is 1. The number of nitrogens with zero attached hydrogens (tertiary/aromatic N) is 4. The molecule has 0 radical (unpaired) electrons. The van der Waals surface area contributed by atoms with Gasteiger partial charge in [-0.2, -0.15) is 0 Å². The Morgan fingerprint density at radius 3 is 1.96 bits per heavy atom. The van der Waals surface area contributed by atoms with Crippen LogP contribution in [-0.4, -0.2) is 63.8 Å². The van der Waals surface area contributed by atoms with E-state index in [1.165, 1.54) is 6.33 Å². The van der Waals surface area contributed by atoms with Crippen LogP contribution in [0.2, 0.25) is 18.1 Å². The fourth-order valence-corrected chi connectivity index (χ4v) is 8.18. The third-order valence-corrected chi connectivity index (χ3v) is 15.5. The number of ether oxygens (including phenoxy) is 2. The molecule has 7 rings (SSSR count). The van der Waals surface area contributed by atoms with E-state index < -0.39 is 38.5 Å². The second-order valence-electron chi connectivity index (χ2n) is 15.9. The van der Waals surface area contributed by atoms with Crippen molar-refractivity contribution in [2.45, 2.75) is 82.9 Å². The first-order valence-corrected chi connectivity index (χ1v) is 21.6. The minimum atomic E-state index is -2.45. The van der Waals surface area contributed by atoms with Gasteiger partial charge in [0.1, 0.15) is 30.2 Å². The summed E-state index contributed by atoms with van der Waals surface area (Å²) in [4.78, 5) is 26.5. The molecule has 4 atom stereocenters. The van der Waals surface area contributed by atoms with Crippen LogP contribution in [0.3, 0.4) is 0 Å². The molecule has 1 saturated heterocycles. The Kier molecular flexibility index (Phi) is 10.6. The van der Waals surface area contributed by atoms with Crippen LogP contribution in [-0.2, 0) is 19.5 Å². The van der Waals surface area contributed by atoms with Crippen molar-refractivity contribution in [3.8, 4) is 0 Å². The zero-order valence-electron chi connectivity index (χ0n) is 32.4. The molecule has 284 valence electrons. The van der Waals surface area contributed by atoms with Crippen molar-refractivity contribution < 1.29 is 23.8 Å². The van der Waals surface area contributed by atoms with Crippen LogP contribution >= 0.6 is 0 Å². The number of imidazole rings is 1. The van der Waals surface area contributed by atoms with Gasteiger partial charge in [-0.15, -0.1) is 0 Å². The van der Waals surface area contributed by atoms with Crippen molar-refractivity contribution in [1.82, 2.24) is 19.5 Å². The Labute approximate surface area is 323 Å². The van der Waals surface area contributed by atoms with Gasteiger partial charge in [-0.25, -0.2) is 15.0 Å². The van der Waals surface area contributed by atoms with E-state index in [9.17, 15) is 9.90 Å².